The van der Waals surface area contributed by atoms with Gasteiger partial charge in [0.1, 0.15) is 0 Å². The van der Waals surface area contributed by atoms with Crippen LogP contribution in [0, 0.1) is 0 Å². The van der Waals surface area contributed by atoms with Gasteiger partial charge in [-0.2, -0.15) is 0 Å². The van der Waals surface area contributed by atoms with E-state index in [0.29, 0.717) is 16.3 Å². The number of sulfone groups is 1. The molecule has 0 saturated carbocycles. The maximum absolute atomic E-state index is 12.6. The Bertz CT molecular complexity index is 1000. The van der Waals surface area contributed by atoms with Crippen LogP contribution < -0.4 is 10.6 Å². The minimum Gasteiger partial charge on any atom is -0.326 e. The molecule has 0 bridgehead atoms. The summed E-state index contributed by atoms with van der Waals surface area (Å²) in [6.07, 6.45) is 0.781. The number of hydrogen-bond acceptors (Lipinski definition) is 5. The zero-order valence-corrected chi connectivity index (χ0v) is 17.3. The Hall–Kier alpha value is -2.32. The van der Waals surface area contributed by atoms with Crippen LogP contribution in [0.3, 0.4) is 0 Å². The second kappa shape index (κ2) is 8.36. The second-order valence-electron chi connectivity index (χ2n) is 6.57. The Kier molecular flexibility index (Phi) is 6.10. The lowest BCUT2D eigenvalue weighted by Crippen LogP contribution is -2.26. The number of hydrogen-bond donors (Lipinski definition) is 2. The molecule has 1 aliphatic heterocycles. The number of carbonyl (C=O) groups excluding carboxylic acids is 2. The number of anilines is 2. The first kappa shape index (κ1) is 20.4. The highest BCUT2D eigenvalue weighted by Gasteiger charge is 2.25. The third kappa shape index (κ3) is 4.74. The zero-order valence-electron chi connectivity index (χ0n) is 15.7. The monoisotopic (exact) mass is 418 g/mol. The van der Waals surface area contributed by atoms with Gasteiger partial charge in [0, 0.05) is 17.0 Å². The van der Waals surface area contributed by atoms with Gasteiger partial charge in [-0.1, -0.05) is 19.1 Å². The molecule has 0 aromatic heterocycles. The molecule has 0 aliphatic carbocycles. The molecule has 1 atom stereocenters. The lowest BCUT2D eigenvalue weighted by molar-refractivity contribution is -0.116. The van der Waals surface area contributed by atoms with E-state index in [2.05, 4.69) is 10.6 Å². The van der Waals surface area contributed by atoms with E-state index in [-0.39, 0.29) is 34.1 Å². The third-order valence-corrected chi connectivity index (χ3v) is 7.36. The lowest BCUT2D eigenvalue weighted by Gasteiger charge is -2.21. The highest BCUT2D eigenvalue weighted by Crippen LogP contribution is 2.37. The molecular formula is C20H22N2O4S2. The quantitative estimate of drug-likeness (QED) is 0.749. The van der Waals surface area contributed by atoms with E-state index in [1.54, 1.807) is 31.2 Å². The fraction of sp³-hybridized carbons (Fsp3) is 0.300. The number of aryl methyl sites for hydroxylation is 1. The molecule has 0 radical (unpaired) electrons. The average Bonchev–Trinajstić information content (AvgIpc) is 2.67. The summed E-state index contributed by atoms with van der Waals surface area (Å²) < 4.78 is 25.3. The fourth-order valence-corrected chi connectivity index (χ4v) is 5.09. The van der Waals surface area contributed by atoms with Crippen molar-refractivity contribution in [3.63, 3.8) is 0 Å². The first-order valence-corrected chi connectivity index (χ1v) is 11.5. The van der Waals surface area contributed by atoms with Crippen molar-refractivity contribution in [3.8, 4) is 0 Å². The van der Waals surface area contributed by atoms with Gasteiger partial charge in [-0.3, -0.25) is 9.59 Å². The van der Waals surface area contributed by atoms with Gasteiger partial charge in [0.25, 0.3) is 0 Å². The van der Waals surface area contributed by atoms with Crippen molar-refractivity contribution in [2.45, 2.75) is 41.7 Å². The van der Waals surface area contributed by atoms with Gasteiger partial charge >= 0.3 is 0 Å². The molecule has 3 rings (SSSR count). The van der Waals surface area contributed by atoms with Gasteiger partial charge in [0.2, 0.25) is 11.8 Å². The largest absolute Gasteiger partial charge is 0.326 e. The van der Waals surface area contributed by atoms with Gasteiger partial charge in [0.15, 0.2) is 9.84 Å². The van der Waals surface area contributed by atoms with Crippen molar-refractivity contribution in [1.29, 1.82) is 0 Å². The molecule has 2 aromatic rings. The van der Waals surface area contributed by atoms with Gasteiger partial charge in [-0.15, -0.1) is 11.8 Å². The molecule has 2 amide bonds. The van der Waals surface area contributed by atoms with Crippen LogP contribution in [0.25, 0.3) is 0 Å². The van der Waals surface area contributed by atoms with Crippen molar-refractivity contribution in [1.82, 2.24) is 0 Å². The van der Waals surface area contributed by atoms with Crippen LogP contribution >= 0.6 is 11.8 Å². The number of rotatable bonds is 6. The standard InChI is InChI=1S/C20H22N2O4S2/c1-3-14-4-6-15(7-5-14)21-19(23)10-11-28(25,26)16-8-9-17-18(12-16)27-13(2)20(24)22-17/h4-9,12-13H,3,10-11H2,1-2H3,(H,21,23)(H,22,24). The molecule has 8 heteroatoms. The molecule has 28 heavy (non-hydrogen) atoms. The maximum Gasteiger partial charge on any atom is 0.237 e. The number of nitrogens with one attached hydrogen (secondary N) is 2. The number of carbonyl (C=O) groups is 2. The summed E-state index contributed by atoms with van der Waals surface area (Å²) in [5.41, 5.74) is 2.42. The summed E-state index contributed by atoms with van der Waals surface area (Å²) in [4.78, 5) is 24.7. The Morgan fingerprint density at radius 1 is 1.18 bits per heavy atom. The van der Waals surface area contributed by atoms with Gasteiger partial charge in [-0.25, -0.2) is 8.42 Å². The van der Waals surface area contributed by atoms with Gasteiger partial charge < -0.3 is 10.6 Å². The molecular weight excluding hydrogens is 396 g/mol. The first-order chi connectivity index (χ1) is 13.3. The van der Waals surface area contributed by atoms with E-state index in [9.17, 15) is 18.0 Å². The van der Waals surface area contributed by atoms with Crippen LogP contribution in [0.5, 0.6) is 0 Å². The number of benzene rings is 2. The van der Waals surface area contributed by atoms with Gasteiger partial charge in [0.05, 0.1) is 21.6 Å². The second-order valence-corrected chi connectivity index (χ2v) is 10.1. The van der Waals surface area contributed by atoms with Crippen LogP contribution in [0.15, 0.2) is 52.3 Å². The van der Waals surface area contributed by atoms with E-state index in [4.69, 9.17) is 0 Å². The molecule has 0 spiro atoms. The third-order valence-electron chi connectivity index (χ3n) is 4.49. The van der Waals surface area contributed by atoms with Crippen molar-refractivity contribution < 1.29 is 18.0 Å². The molecule has 1 aliphatic rings. The van der Waals surface area contributed by atoms with Crippen molar-refractivity contribution in [2.75, 3.05) is 16.4 Å². The Balaban J connectivity index is 1.64. The Morgan fingerprint density at radius 3 is 2.57 bits per heavy atom. The predicted octanol–water partition coefficient (Wildman–Crippen LogP) is 3.48. The van der Waals surface area contributed by atoms with E-state index in [1.165, 1.54) is 17.8 Å². The highest BCUT2D eigenvalue weighted by molar-refractivity contribution is 8.01. The molecule has 2 aromatic carbocycles. The predicted molar refractivity (Wildman–Crippen MR) is 112 cm³/mol. The SMILES string of the molecule is CCc1ccc(NC(=O)CCS(=O)(=O)c2ccc3c(c2)SC(C)C(=O)N3)cc1. The Labute approximate surface area is 169 Å². The summed E-state index contributed by atoms with van der Waals surface area (Å²) >= 11 is 1.32. The van der Waals surface area contributed by atoms with E-state index < -0.39 is 9.84 Å². The van der Waals surface area contributed by atoms with Gasteiger partial charge in [-0.05, 0) is 49.2 Å². The van der Waals surface area contributed by atoms with Crippen molar-refractivity contribution in [2.24, 2.45) is 0 Å². The fourth-order valence-electron chi connectivity index (χ4n) is 2.77. The average molecular weight is 419 g/mol. The normalized spacial score (nSPS) is 16.2. The van der Waals surface area contributed by atoms with E-state index in [0.717, 1.165) is 12.0 Å². The van der Waals surface area contributed by atoms with Crippen LogP contribution in [0.1, 0.15) is 25.8 Å². The van der Waals surface area contributed by atoms with Crippen LogP contribution in [-0.2, 0) is 25.8 Å². The summed E-state index contributed by atoms with van der Waals surface area (Å²) in [7, 11) is -3.61. The maximum atomic E-state index is 12.6. The first-order valence-electron chi connectivity index (χ1n) is 9.01. The highest BCUT2D eigenvalue weighted by atomic mass is 32.2. The summed E-state index contributed by atoms with van der Waals surface area (Å²) in [5, 5.41) is 5.20. The van der Waals surface area contributed by atoms with Crippen molar-refractivity contribution in [3.05, 3.63) is 48.0 Å². The minimum absolute atomic E-state index is 0.100. The zero-order chi connectivity index (χ0) is 20.3. The molecule has 148 valence electrons. The smallest absolute Gasteiger partial charge is 0.237 e. The molecule has 0 fully saturated rings. The summed E-state index contributed by atoms with van der Waals surface area (Å²) in [5.74, 6) is -0.727. The number of fused-ring (bicyclic) bond motifs is 1. The topological polar surface area (TPSA) is 92.3 Å². The molecule has 6 nitrogen and oxygen atoms in total. The van der Waals surface area contributed by atoms with Crippen LogP contribution in [-0.4, -0.2) is 31.2 Å². The minimum atomic E-state index is -3.61. The number of thioether (sulfide) groups is 1. The van der Waals surface area contributed by atoms with Crippen molar-refractivity contribution >= 4 is 44.8 Å². The molecule has 1 unspecified atom stereocenters. The van der Waals surface area contributed by atoms with Crippen LogP contribution in [0.4, 0.5) is 11.4 Å². The molecule has 1 heterocycles. The summed E-state index contributed by atoms with van der Waals surface area (Å²) in [6, 6.07) is 12.1. The van der Waals surface area contributed by atoms with E-state index in [1.807, 2.05) is 19.1 Å². The Morgan fingerprint density at radius 2 is 1.89 bits per heavy atom. The molecule has 2 N–H and O–H groups in total. The number of amides is 2. The van der Waals surface area contributed by atoms with Crippen LogP contribution in [0.2, 0.25) is 0 Å². The molecule has 0 saturated heterocycles. The lowest BCUT2D eigenvalue weighted by atomic mass is 10.1. The summed E-state index contributed by atoms with van der Waals surface area (Å²) in [6.45, 7) is 3.81. The van der Waals surface area contributed by atoms with E-state index >= 15 is 0 Å².